The maximum atomic E-state index is 11.9. The zero-order chi connectivity index (χ0) is 18.5. The number of nitrogens with zero attached hydrogens (tertiary/aromatic N) is 2. The van der Waals surface area contributed by atoms with Crippen molar-refractivity contribution in [2.45, 2.75) is 18.2 Å². The lowest BCUT2D eigenvalue weighted by Crippen LogP contribution is -2.39. The van der Waals surface area contributed by atoms with Gasteiger partial charge in [0.15, 0.2) is 0 Å². The molecule has 0 spiro atoms. The molecule has 5 rings (SSSR count). The van der Waals surface area contributed by atoms with Crippen molar-refractivity contribution < 1.29 is 23.8 Å². The topological polar surface area (TPSA) is 116 Å². The molecule has 2 atom stereocenters. The van der Waals surface area contributed by atoms with Crippen LogP contribution in [0, 0.1) is 0 Å². The number of hydrogen-bond acceptors (Lipinski definition) is 7. The lowest BCUT2D eigenvalue weighted by atomic mass is 10.1. The molecule has 3 aliphatic rings. The van der Waals surface area contributed by atoms with Gasteiger partial charge in [-0.2, -0.15) is 0 Å². The number of carbonyl (C=O) groups excluding carboxylic acids is 2. The van der Waals surface area contributed by atoms with E-state index in [1.54, 1.807) is 12.3 Å². The fraction of sp³-hybridized carbons (Fsp3) is 0.389. The fourth-order valence-electron chi connectivity index (χ4n) is 3.72. The molecule has 3 aliphatic heterocycles. The SMILES string of the molecule is NC(=O)c1cc2ccnc(N3CC4NC(=O)OC4C3)c2cc1OC1COC1. The molecule has 9 nitrogen and oxygen atoms in total. The molecule has 3 fully saturated rings. The number of nitrogens with two attached hydrogens (primary N) is 1. The second kappa shape index (κ2) is 5.98. The summed E-state index contributed by atoms with van der Waals surface area (Å²) in [7, 11) is 0. The summed E-state index contributed by atoms with van der Waals surface area (Å²) >= 11 is 0. The van der Waals surface area contributed by atoms with Crippen LogP contribution in [0.15, 0.2) is 24.4 Å². The van der Waals surface area contributed by atoms with Crippen molar-refractivity contribution >= 4 is 28.6 Å². The molecule has 9 heteroatoms. The van der Waals surface area contributed by atoms with Crippen LogP contribution in [0.3, 0.4) is 0 Å². The van der Waals surface area contributed by atoms with Gasteiger partial charge in [0.2, 0.25) is 0 Å². The highest BCUT2D eigenvalue weighted by molar-refractivity contribution is 6.03. The third-order valence-electron chi connectivity index (χ3n) is 5.14. The van der Waals surface area contributed by atoms with E-state index >= 15 is 0 Å². The monoisotopic (exact) mass is 370 g/mol. The molecule has 0 bridgehead atoms. The van der Waals surface area contributed by atoms with Gasteiger partial charge in [-0.15, -0.1) is 0 Å². The molecule has 3 N–H and O–H groups in total. The van der Waals surface area contributed by atoms with Crippen molar-refractivity contribution in [1.82, 2.24) is 10.3 Å². The first-order chi connectivity index (χ1) is 13.1. The number of ether oxygens (including phenoxy) is 3. The minimum Gasteiger partial charge on any atom is -0.485 e. The molecule has 27 heavy (non-hydrogen) atoms. The van der Waals surface area contributed by atoms with Gasteiger partial charge in [0.25, 0.3) is 5.91 Å². The number of primary amides is 1. The van der Waals surface area contributed by atoms with E-state index in [1.165, 1.54) is 0 Å². The van der Waals surface area contributed by atoms with Crippen molar-refractivity contribution in [1.29, 1.82) is 0 Å². The highest BCUT2D eigenvalue weighted by atomic mass is 16.6. The average Bonchev–Trinajstić information content (AvgIpc) is 3.14. The average molecular weight is 370 g/mol. The van der Waals surface area contributed by atoms with Crippen molar-refractivity contribution in [3.8, 4) is 5.75 Å². The minimum atomic E-state index is -0.544. The zero-order valence-corrected chi connectivity index (χ0v) is 14.4. The Morgan fingerprint density at radius 3 is 2.89 bits per heavy atom. The third kappa shape index (κ3) is 2.71. The molecule has 1 aromatic heterocycles. The van der Waals surface area contributed by atoms with Gasteiger partial charge in [0.05, 0.1) is 31.4 Å². The van der Waals surface area contributed by atoms with Crippen molar-refractivity contribution in [2.75, 3.05) is 31.2 Å². The maximum absolute atomic E-state index is 11.9. The number of alkyl carbamates (subject to hydrolysis) is 1. The predicted octanol–water partition coefficient (Wildman–Crippen LogP) is 0.408. The number of anilines is 1. The van der Waals surface area contributed by atoms with Crippen LogP contribution in [0.4, 0.5) is 10.6 Å². The molecule has 0 radical (unpaired) electrons. The van der Waals surface area contributed by atoms with Gasteiger partial charge in [-0.05, 0) is 23.6 Å². The summed E-state index contributed by atoms with van der Waals surface area (Å²) in [5.41, 5.74) is 5.88. The number of hydrogen-bond donors (Lipinski definition) is 2. The van der Waals surface area contributed by atoms with E-state index in [2.05, 4.69) is 15.2 Å². The van der Waals surface area contributed by atoms with E-state index in [0.29, 0.717) is 37.6 Å². The predicted molar refractivity (Wildman–Crippen MR) is 94.9 cm³/mol. The number of nitrogens with one attached hydrogen (secondary N) is 1. The summed E-state index contributed by atoms with van der Waals surface area (Å²) in [6.45, 7) is 2.14. The number of carbonyl (C=O) groups is 2. The van der Waals surface area contributed by atoms with Crippen LogP contribution < -0.4 is 20.7 Å². The van der Waals surface area contributed by atoms with Crippen molar-refractivity contribution in [3.63, 3.8) is 0 Å². The van der Waals surface area contributed by atoms with E-state index in [-0.39, 0.29) is 24.3 Å². The molecule has 4 heterocycles. The Morgan fingerprint density at radius 1 is 1.33 bits per heavy atom. The van der Waals surface area contributed by atoms with Gasteiger partial charge in [-0.1, -0.05) is 0 Å². The molecule has 140 valence electrons. The van der Waals surface area contributed by atoms with E-state index in [4.69, 9.17) is 19.9 Å². The highest BCUT2D eigenvalue weighted by Gasteiger charge is 2.42. The van der Waals surface area contributed by atoms with E-state index in [9.17, 15) is 9.59 Å². The second-order valence-electron chi connectivity index (χ2n) is 6.95. The quantitative estimate of drug-likeness (QED) is 0.801. The number of amides is 2. The molecule has 2 aromatic rings. The molecular weight excluding hydrogens is 352 g/mol. The molecule has 0 saturated carbocycles. The normalized spacial score (nSPS) is 24.3. The number of fused-ring (bicyclic) bond motifs is 2. The van der Waals surface area contributed by atoms with Crippen LogP contribution in [0.25, 0.3) is 10.8 Å². The summed E-state index contributed by atoms with van der Waals surface area (Å²) in [5, 5.41) is 4.50. The van der Waals surface area contributed by atoms with Gasteiger partial charge in [-0.3, -0.25) is 4.79 Å². The first-order valence-electron chi connectivity index (χ1n) is 8.77. The zero-order valence-electron chi connectivity index (χ0n) is 14.4. The number of pyridine rings is 1. The van der Waals surface area contributed by atoms with Gasteiger partial charge in [0, 0.05) is 18.1 Å². The Balaban J connectivity index is 1.54. The fourth-order valence-corrected chi connectivity index (χ4v) is 3.72. The first kappa shape index (κ1) is 16.1. The minimum absolute atomic E-state index is 0.0534. The van der Waals surface area contributed by atoms with E-state index < -0.39 is 5.91 Å². The Bertz CT molecular complexity index is 929. The van der Waals surface area contributed by atoms with Gasteiger partial charge in [0.1, 0.15) is 23.8 Å². The van der Waals surface area contributed by atoms with Crippen LogP contribution in [0.2, 0.25) is 0 Å². The lowest BCUT2D eigenvalue weighted by molar-refractivity contribution is -0.0797. The maximum Gasteiger partial charge on any atom is 0.407 e. The van der Waals surface area contributed by atoms with Gasteiger partial charge >= 0.3 is 6.09 Å². The van der Waals surface area contributed by atoms with Gasteiger partial charge in [-0.25, -0.2) is 9.78 Å². The summed E-state index contributed by atoms with van der Waals surface area (Å²) in [6, 6.07) is 5.31. The van der Waals surface area contributed by atoms with Crippen LogP contribution in [-0.2, 0) is 9.47 Å². The summed E-state index contributed by atoms with van der Waals surface area (Å²) in [5.74, 6) is 0.643. The van der Waals surface area contributed by atoms with E-state index in [0.717, 1.165) is 16.6 Å². The molecule has 3 saturated heterocycles. The van der Waals surface area contributed by atoms with Crippen molar-refractivity contribution in [2.24, 2.45) is 5.73 Å². The van der Waals surface area contributed by atoms with Crippen LogP contribution in [0.5, 0.6) is 5.75 Å². The third-order valence-corrected chi connectivity index (χ3v) is 5.14. The first-order valence-corrected chi connectivity index (χ1v) is 8.77. The number of benzene rings is 1. The Hall–Kier alpha value is -3.07. The summed E-state index contributed by atoms with van der Waals surface area (Å²) in [4.78, 5) is 29.8. The Kier molecular flexibility index (Phi) is 3.57. The van der Waals surface area contributed by atoms with Crippen LogP contribution >= 0.6 is 0 Å². The Morgan fingerprint density at radius 2 is 2.19 bits per heavy atom. The lowest BCUT2D eigenvalue weighted by Gasteiger charge is -2.28. The van der Waals surface area contributed by atoms with Crippen LogP contribution in [0.1, 0.15) is 10.4 Å². The largest absolute Gasteiger partial charge is 0.485 e. The highest BCUT2D eigenvalue weighted by Crippen LogP contribution is 2.34. The molecule has 0 aliphatic carbocycles. The molecule has 1 aromatic carbocycles. The molecule has 2 amide bonds. The van der Waals surface area contributed by atoms with Crippen molar-refractivity contribution in [3.05, 3.63) is 30.0 Å². The molecule has 2 unspecified atom stereocenters. The Labute approximate surface area is 154 Å². The number of aromatic nitrogens is 1. The smallest absolute Gasteiger partial charge is 0.407 e. The van der Waals surface area contributed by atoms with Gasteiger partial charge < -0.3 is 30.2 Å². The summed E-state index contributed by atoms with van der Waals surface area (Å²) in [6.07, 6.45) is 1.04. The second-order valence-corrected chi connectivity index (χ2v) is 6.95. The van der Waals surface area contributed by atoms with Crippen LogP contribution in [-0.4, -0.2) is 61.5 Å². The molecular formula is C18H18N4O5. The summed E-state index contributed by atoms with van der Waals surface area (Å²) < 4.78 is 16.3. The number of rotatable bonds is 4. The van der Waals surface area contributed by atoms with E-state index in [1.807, 2.05) is 12.1 Å². The standard InChI is InChI=1S/C18H18N4O5/c19-16(23)12-3-9-1-2-20-17(11(9)4-14(12)26-10-7-25-8-10)22-5-13-15(6-22)27-18(24)21-13/h1-4,10,13,15H,5-8H2,(H2,19,23)(H,21,24).